The molecule has 0 saturated carbocycles. The molecule has 110 valence electrons. The van der Waals surface area contributed by atoms with Crippen LogP contribution in [0.25, 0.3) is 0 Å². The fourth-order valence-electron chi connectivity index (χ4n) is 1.73. The molecule has 1 N–H and O–H groups in total. The molecular formula is C14H11ClFNO4. The lowest BCUT2D eigenvalue weighted by Gasteiger charge is -2.10. The first-order valence-corrected chi connectivity index (χ1v) is 6.34. The molecule has 2 aromatic carbocycles. The summed E-state index contributed by atoms with van der Waals surface area (Å²) in [5, 5.41) is 19.9. The fourth-order valence-corrected chi connectivity index (χ4v) is 1.85. The smallest absolute Gasteiger partial charge is 0.270 e. The molecule has 0 atom stereocenters. The molecule has 2 aromatic rings. The number of aliphatic hydroxyl groups is 1. The van der Waals surface area contributed by atoms with Crippen LogP contribution in [0.15, 0.2) is 36.4 Å². The van der Waals surface area contributed by atoms with Gasteiger partial charge in [-0.05, 0) is 23.8 Å². The van der Waals surface area contributed by atoms with Crippen LogP contribution < -0.4 is 4.74 Å². The summed E-state index contributed by atoms with van der Waals surface area (Å²) < 4.78 is 18.7. The molecule has 0 heterocycles. The zero-order chi connectivity index (χ0) is 15.4. The summed E-state index contributed by atoms with van der Waals surface area (Å²) in [6, 6.07) is 8.17. The molecule has 0 aromatic heterocycles. The monoisotopic (exact) mass is 311 g/mol. The number of rotatable bonds is 5. The van der Waals surface area contributed by atoms with Gasteiger partial charge in [0.2, 0.25) is 0 Å². The van der Waals surface area contributed by atoms with Gasteiger partial charge < -0.3 is 9.84 Å². The molecule has 0 bridgehead atoms. The van der Waals surface area contributed by atoms with Gasteiger partial charge in [-0.1, -0.05) is 17.7 Å². The zero-order valence-electron chi connectivity index (χ0n) is 10.8. The molecule has 2 rings (SSSR count). The van der Waals surface area contributed by atoms with Crippen molar-refractivity contribution in [2.45, 2.75) is 13.2 Å². The maximum Gasteiger partial charge on any atom is 0.270 e. The van der Waals surface area contributed by atoms with Crippen LogP contribution in [0, 0.1) is 15.9 Å². The Labute approximate surface area is 124 Å². The Hall–Kier alpha value is -2.18. The third-order valence-electron chi connectivity index (χ3n) is 2.80. The molecule has 0 amide bonds. The molecule has 21 heavy (non-hydrogen) atoms. The van der Waals surface area contributed by atoms with Gasteiger partial charge in [0.1, 0.15) is 18.2 Å². The van der Waals surface area contributed by atoms with E-state index < -0.39 is 17.3 Å². The summed E-state index contributed by atoms with van der Waals surface area (Å²) in [7, 11) is 0. The average Bonchev–Trinajstić information content (AvgIpc) is 2.48. The van der Waals surface area contributed by atoms with Crippen molar-refractivity contribution in [2.24, 2.45) is 0 Å². The highest BCUT2D eigenvalue weighted by Gasteiger charge is 2.11. The van der Waals surface area contributed by atoms with Gasteiger partial charge in [-0.25, -0.2) is 4.39 Å². The van der Waals surface area contributed by atoms with Crippen molar-refractivity contribution in [2.75, 3.05) is 0 Å². The van der Waals surface area contributed by atoms with E-state index in [1.165, 1.54) is 30.3 Å². The SMILES string of the molecule is O=[N+]([O-])c1ccc(OCc2ccc(Cl)c(F)c2)c(CO)c1. The largest absolute Gasteiger partial charge is 0.489 e. The number of hydrogen-bond acceptors (Lipinski definition) is 4. The third-order valence-corrected chi connectivity index (χ3v) is 3.11. The molecule has 0 radical (unpaired) electrons. The van der Waals surface area contributed by atoms with Crippen molar-refractivity contribution in [3.05, 3.63) is 68.5 Å². The Morgan fingerprint density at radius 1 is 1.29 bits per heavy atom. The van der Waals surface area contributed by atoms with Crippen LogP contribution >= 0.6 is 11.6 Å². The highest BCUT2D eigenvalue weighted by molar-refractivity contribution is 6.30. The quantitative estimate of drug-likeness (QED) is 0.678. The number of ether oxygens (including phenoxy) is 1. The summed E-state index contributed by atoms with van der Waals surface area (Å²) in [5.41, 5.74) is 0.710. The van der Waals surface area contributed by atoms with E-state index >= 15 is 0 Å². The molecule has 7 heteroatoms. The number of non-ortho nitro benzene ring substituents is 1. The molecule has 0 unspecified atom stereocenters. The molecular weight excluding hydrogens is 301 g/mol. The minimum atomic E-state index is -0.558. The number of hydrogen-bond donors (Lipinski definition) is 1. The summed E-state index contributed by atoms with van der Waals surface area (Å²) in [6.07, 6.45) is 0. The first-order chi connectivity index (χ1) is 10.0. The van der Waals surface area contributed by atoms with Crippen molar-refractivity contribution in [1.29, 1.82) is 0 Å². The second-order valence-electron chi connectivity index (χ2n) is 4.24. The zero-order valence-corrected chi connectivity index (χ0v) is 11.5. The van der Waals surface area contributed by atoms with Crippen molar-refractivity contribution in [3.63, 3.8) is 0 Å². The molecule has 0 saturated heterocycles. The van der Waals surface area contributed by atoms with Gasteiger partial charge in [0, 0.05) is 17.7 Å². The van der Waals surface area contributed by atoms with E-state index in [0.717, 1.165) is 0 Å². The minimum absolute atomic E-state index is 0.0186. The van der Waals surface area contributed by atoms with E-state index in [9.17, 15) is 19.6 Å². The first-order valence-electron chi connectivity index (χ1n) is 5.96. The fraction of sp³-hybridized carbons (Fsp3) is 0.143. The number of benzene rings is 2. The number of halogens is 2. The minimum Gasteiger partial charge on any atom is -0.489 e. The van der Waals surface area contributed by atoms with Crippen LogP contribution in [-0.2, 0) is 13.2 Å². The lowest BCUT2D eigenvalue weighted by Crippen LogP contribution is -2.00. The van der Waals surface area contributed by atoms with Crippen molar-refractivity contribution in [1.82, 2.24) is 0 Å². The predicted octanol–water partition coefficient (Wildman–Crippen LogP) is 3.46. The van der Waals surface area contributed by atoms with Crippen LogP contribution in [0.1, 0.15) is 11.1 Å². The Morgan fingerprint density at radius 2 is 2.05 bits per heavy atom. The van der Waals surface area contributed by atoms with Crippen molar-refractivity contribution < 1.29 is 19.2 Å². The summed E-state index contributed by atoms with van der Waals surface area (Å²) >= 11 is 5.58. The lowest BCUT2D eigenvalue weighted by atomic mass is 10.2. The molecule has 0 fully saturated rings. The maximum absolute atomic E-state index is 13.3. The van der Waals surface area contributed by atoms with E-state index in [4.69, 9.17) is 16.3 Å². The van der Waals surface area contributed by atoms with Gasteiger partial charge in [0.05, 0.1) is 16.6 Å². The molecule has 5 nitrogen and oxygen atoms in total. The summed E-state index contributed by atoms with van der Waals surface area (Å²) in [5.74, 6) is -0.248. The van der Waals surface area contributed by atoms with Gasteiger partial charge in [-0.15, -0.1) is 0 Å². The topological polar surface area (TPSA) is 72.6 Å². The van der Waals surface area contributed by atoms with E-state index in [0.29, 0.717) is 16.9 Å². The van der Waals surface area contributed by atoms with Gasteiger partial charge in [0.25, 0.3) is 5.69 Å². The molecule has 0 aliphatic heterocycles. The summed E-state index contributed by atoms with van der Waals surface area (Å²) in [6.45, 7) is -0.342. The predicted molar refractivity (Wildman–Crippen MR) is 74.8 cm³/mol. The molecule has 0 aliphatic carbocycles. The van der Waals surface area contributed by atoms with Gasteiger partial charge >= 0.3 is 0 Å². The Bertz CT molecular complexity index is 678. The second-order valence-corrected chi connectivity index (χ2v) is 4.65. The van der Waals surface area contributed by atoms with E-state index in [1.54, 1.807) is 6.07 Å². The van der Waals surface area contributed by atoms with Gasteiger partial charge in [0.15, 0.2) is 0 Å². The van der Waals surface area contributed by atoms with Crippen LogP contribution in [-0.4, -0.2) is 10.0 Å². The summed E-state index contributed by atoms with van der Waals surface area (Å²) in [4.78, 5) is 10.1. The highest BCUT2D eigenvalue weighted by Crippen LogP contribution is 2.25. The Kier molecular flexibility index (Phi) is 4.72. The second kappa shape index (κ2) is 6.51. The number of nitro groups is 1. The number of nitro benzene ring substituents is 1. The third kappa shape index (κ3) is 3.68. The Balaban J connectivity index is 2.15. The molecule has 0 spiro atoms. The highest BCUT2D eigenvalue weighted by atomic mass is 35.5. The molecule has 0 aliphatic rings. The average molecular weight is 312 g/mol. The van der Waals surface area contributed by atoms with Gasteiger partial charge in [-0.2, -0.15) is 0 Å². The number of aliphatic hydroxyl groups excluding tert-OH is 1. The Morgan fingerprint density at radius 3 is 2.67 bits per heavy atom. The standard InChI is InChI=1S/C14H11ClFNO4/c15-12-3-1-9(5-13(12)16)8-21-14-4-2-11(17(19)20)6-10(14)7-18/h1-6,18H,7-8H2. The van der Waals surface area contributed by atoms with Gasteiger partial charge in [-0.3, -0.25) is 10.1 Å². The van der Waals surface area contributed by atoms with E-state index in [1.807, 2.05) is 0 Å². The van der Waals surface area contributed by atoms with E-state index in [2.05, 4.69) is 0 Å². The lowest BCUT2D eigenvalue weighted by molar-refractivity contribution is -0.385. The van der Waals surface area contributed by atoms with Crippen molar-refractivity contribution in [3.8, 4) is 5.75 Å². The van der Waals surface area contributed by atoms with Crippen molar-refractivity contribution >= 4 is 17.3 Å². The first kappa shape index (κ1) is 15.2. The number of nitrogens with zero attached hydrogens (tertiary/aromatic N) is 1. The van der Waals surface area contributed by atoms with E-state index in [-0.39, 0.29) is 17.3 Å². The van der Waals surface area contributed by atoms with Crippen LogP contribution in [0.5, 0.6) is 5.75 Å². The van der Waals surface area contributed by atoms with Crippen LogP contribution in [0.4, 0.5) is 10.1 Å². The normalized spacial score (nSPS) is 10.4. The maximum atomic E-state index is 13.3. The van der Waals surface area contributed by atoms with Crippen LogP contribution in [0.3, 0.4) is 0 Å². The van der Waals surface area contributed by atoms with Crippen LogP contribution in [0.2, 0.25) is 5.02 Å².